The van der Waals surface area contributed by atoms with Crippen molar-refractivity contribution in [1.82, 2.24) is 0 Å². The zero-order valence-corrected chi connectivity index (χ0v) is 8.92. The number of rotatable bonds is 3. The first-order valence-corrected chi connectivity index (χ1v) is 4.72. The van der Waals surface area contributed by atoms with Gasteiger partial charge in [-0.1, -0.05) is 17.7 Å². The van der Waals surface area contributed by atoms with Crippen molar-refractivity contribution < 1.29 is 4.74 Å². The van der Waals surface area contributed by atoms with Crippen LogP contribution in [0.3, 0.4) is 0 Å². The van der Waals surface area contributed by atoms with Crippen LogP contribution in [-0.4, -0.2) is 6.61 Å². The standard InChI is InChI=1S/C12H15NO/c1-9-7-10(2)12(11(3)8-9)14-6-4-5-13/h7-8H,4,6H2,1-3H3. The Kier molecular flexibility index (Phi) is 3.53. The third-order valence-corrected chi connectivity index (χ3v) is 2.06. The van der Waals surface area contributed by atoms with Crippen molar-refractivity contribution in [1.29, 1.82) is 5.26 Å². The molecule has 0 radical (unpaired) electrons. The number of ether oxygens (including phenoxy) is 1. The smallest absolute Gasteiger partial charge is 0.125 e. The van der Waals surface area contributed by atoms with Crippen LogP contribution in [0.5, 0.6) is 5.75 Å². The molecular weight excluding hydrogens is 174 g/mol. The van der Waals surface area contributed by atoms with E-state index in [0.29, 0.717) is 13.0 Å². The van der Waals surface area contributed by atoms with E-state index in [4.69, 9.17) is 10.00 Å². The van der Waals surface area contributed by atoms with Crippen molar-refractivity contribution in [2.75, 3.05) is 6.61 Å². The Balaban J connectivity index is 2.81. The summed E-state index contributed by atoms with van der Waals surface area (Å²) in [5, 5.41) is 8.40. The zero-order valence-electron chi connectivity index (χ0n) is 8.92. The molecule has 0 atom stereocenters. The van der Waals surface area contributed by atoms with Gasteiger partial charge in [-0.2, -0.15) is 5.26 Å². The molecule has 0 aliphatic rings. The van der Waals surface area contributed by atoms with E-state index in [2.05, 4.69) is 25.1 Å². The fraction of sp³-hybridized carbons (Fsp3) is 0.417. The van der Waals surface area contributed by atoms with Crippen LogP contribution < -0.4 is 4.74 Å². The van der Waals surface area contributed by atoms with Gasteiger partial charge in [0, 0.05) is 0 Å². The molecule has 0 fully saturated rings. The van der Waals surface area contributed by atoms with Crippen molar-refractivity contribution in [3.05, 3.63) is 28.8 Å². The van der Waals surface area contributed by atoms with Crippen molar-refractivity contribution in [3.63, 3.8) is 0 Å². The van der Waals surface area contributed by atoms with Crippen molar-refractivity contribution in [2.45, 2.75) is 27.2 Å². The SMILES string of the molecule is Cc1cc(C)c(OCCC#N)c(C)c1. The lowest BCUT2D eigenvalue weighted by Crippen LogP contribution is -2.00. The first kappa shape index (κ1) is 10.6. The minimum Gasteiger partial charge on any atom is -0.492 e. The molecule has 74 valence electrons. The highest BCUT2D eigenvalue weighted by atomic mass is 16.5. The van der Waals surface area contributed by atoms with Crippen LogP contribution in [0, 0.1) is 32.1 Å². The molecule has 0 unspecified atom stereocenters. The fourth-order valence-electron chi connectivity index (χ4n) is 1.59. The maximum absolute atomic E-state index is 8.40. The van der Waals surface area contributed by atoms with Crippen LogP contribution in [-0.2, 0) is 0 Å². The second-order valence-corrected chi connectivity index (χ2v) is 3.48. The molecule has 0 saturated heterocycles. The predicted molar refractivity (Wildman–Crippen MR) is 56.4 cm³/mol. The molecule has 0 aliphatic heterocycles. The number of hydrogen-bond donors (Lipinski definition) is 0. The average molecular weight is 189 g/mol. The van der Waals surface area contributed by atoms with Gasteiger partial charge >= 0.3 is 0 Å². The Morgan fingerprint density at radius 1 is 1.21 bits per heavy atom. The van der Waals surface area contributed by atoms with E-state index in [1.807, 2.05) is 13.8 Å². The number of benzene rings is 1. The summed E-state index contributed by atoms with van der Waals surface area (Å²) in [5.41, 5.74) is 3.52. The third-order valence-electron chi connectivity index (χ3n) is 2.06. The third kappa shape index (κ3) is 2.50. The van der Waals surface area contributed by atoms with E-state index < -0.39 is 0 Å². The first-order valence-electron chi connectivity index (χ1n) is 4.72. The van der Waals surface area contributed by atoms with E-state index >= 15 is 0 Å². The lowest BCUT2D eigenvalue weighted by Gasteiger charge is -2.11. The van der Waals surface area contributed by atoms with Gasteiger partial charge in [0.05, 0.1) is 12.5 Å². The predicted octanol–water partition coefficient (Wildman–Crippen LogP) is 2.90. The van der Waals surface area contributed by atoms with E-state index in [-0.39, 0.29) is 0 Å². The van der Waals surface area contributed by atoms with Crippen LogP contribution >= 0.6 is 0 Å². The van der Waals surface area contributed by atoms with Crippen LogP contribution in [0.4, 0.5) is 0 Å². The highest BCUT2D eigenvalue weighted by Gasteiger charge is 2.04. The molecule has 0 amide bonds. The molecule has 14 heavy (non-hydrogen) atoms. The minimum absolute atomic E-state index is 0.437. The summed E-state index contributed by atoms with van der Waals surface area (Å²) < 4.78 is 5.54. The second kappa shape index (κ2) is 4.66. The van der Waals surface area contributed by atoms with E-state index in [1.165, 1.54) is 5.56 Å². The molecule has 0 bridgehead atoms. The maximum atomic E-state index is 8.40. The lowest BCUT2D eigenvalue weighted by atomic mass is 10.1. The molecule has 0 N–H and O–H groups in total. The normalized spacial score (nSPS) is 9.57. The van der Waals surface area contributed by atoms with Crippen molar-refractivity contribution >= 4 is 0 Å². The average Bonchev–Trinajstić information content (AvgIpc) is 2.09. The molecule has 1 rings (SSSR count). The molecular formula is C12H15NO. The van der Waals surface area contributed by atoms with Gasteiger partial charge in [0.2, 0.25) is 0 Å². The van der Waals surface area contributed by atoms with E-state index in [9.17, 15) is 0 Å². The highest BCUT2D eigenvalue weighted by Crippen LogP contribution is 2.24. The fourth-order valence-corrected chi connectivity index (χ4v) is 1.59. The second-order valence-electron chi connectivity index (χ2n) is 3.48. The number of hydrogen-bond acceptors (Lipinski definition) is 2. The Hall–Kier alpha value is -1.49. The number of nitrogens with zero attached hydrogens (tertiary/aromatic N) is 1. The Morgan fingerprint density at radius 2 is 1.79 bits per heavy atom. The summed E-state index contributed by atoms with van der Waals surface area (Å²) in [5.74, 6) is 0.922. The molecule has 1 aromatic rings. The van der Waals surface area contributed by atoms with Gasteiger partial charge in [-0.15, -0.1) is 0 Å². The first-order chi connectivity index (χ1) is 6.65. The van der Waals surface area contributed by atoms with Crippen molar-refractivity contribution in [2.24, 2.45) is 0 Å². The van der Waals surface area contributed by atoms with Gasteiger partial charge in [0.15, 0.2) is 0 Å². The van der Waals surface area contributed by atoms with Crippen LogP contribution in [0.1, 0.15) is 23.1 Å². The van der Waals surface area contributed by atoms with Gasteiger partial charge in [-0.3, -0.25) is 0 Å². The largest absolute Gasteiger partial charge is 0.492 e. The zero-order chi connectivity index (χ0) is 10.6. The summed E-state index contributed by atoms with van der Waals surface area (Å²) in [6.45, 7) is 6.60. The Morgan fingerprint density at radius 3 is 2.29 bits per heavy atom. The summed E-state index contributed by atoms with van der Waals surface area (Å²) in [6.07, 6.45) is 0.437. The molecule has 0 saturated carbocycles. The van der Waals surface area contributed by atoms with Gasteiger partial charge in [-0.05, 0) is 31.9 Å². The maximum Gasteiger partial charge on any atom is 0.125 e. The number of aryl methyl sites for hydroxylation is 3. The monoisotopic (exact) mass is 189 g/mol. The molecule has 0 aliphatic carbocycles. The Bertz CT molecular complexity index is 340. The quantitative estimate of drug-likeness (QED) is 0.685. The summed E-state index contributed by atoms with van der Waals surface area (Å²) >= 11 is 0. The van der Waals surface area contributed by atoms with Crippen molar-refractivity contribution in [3.8, 4) is 11.8 Å². The highest BCUT2D eigenvalue weighted by molar-refractivity contribution is 5.42. The van der Waals surface area contributed by atoms with Gasteiger partial charge < -0.3 is 4.74 Å². The molecule has 1 aromatic carbocycles. The van der Waals surface area contributed by atoms with E-state index in [0.717, 1.165) is 16.9 Å². The summed E-state index contributed by atoms with van der Waals surface area (Å²) in [7, 11) is 0. The molecule has 2 heteroatoms. The summed E-state index contributed by atoms with van der Waals surface area (Å²) in [6, 6.07) is 6.25. The summed E-state index contributed by atoms with van der Waals surface area (Å²) in [4.78, 5) is 0. The van der Waals surface area contributed by atoms with Gasteiger partial charge in [0.25, 0.3) is 0 Å². The van der Waals surface area contributed by atoms with Crippen LogP contribution in [0.2, 0.25) is 0 Å². The minimum atomic E-state index is 0.437. The van der Waals surface area contributed by atoms with Gasteiger partial charge in [0.1, 0.15) is 12.4 Å². The topological polar surface area (TPSA) is 33.0 Å². The Labute approximate surface area is 85.1 Å². The lowest BCUT2D eigenvalue weighted by molar-refractivity contribution is 0.322. The molecule has 2 nitrogen and oxygen atoms in total. The molecule has 0 spiro atoms. The van der Waals surface area contributed by atoms with Crippen LogP contribution in [0.15, 0.2) is 12.1 Å². The molecule has 0 aromatic heterocycles. The number of nitriles is 1. The van der Waals surface area contributed by atoms with Crippen LogP contribution in [0.25, 0.3) is 0 Å². The molecule has 0 heterocycles. The van der Waals surface area contributed by atoms with E-state index in [1.54, 1.807) is 0 Å². The van der Waals surface area contributed by atoms with Gasteiger partial charge in [-0.25, -0.2) is 0 Å².